The van der Waals surface area contributed by atoms with Gasteiger partial charge in [0, 0.05) is 5.56 Å². The number of carbonyl (C=O) groups is 1. The van der Waals surface area contributed by atoms with Crippen molar-refractivity contribution in [2.45, 2.75) is 6.92 Å². The van der Waals surface area contributed by atoms with E-state index in [9.17, 15) is 9.18 Å². The number of hydrogen-bond acceptors (Lipinski definition) is 3. The zero-order valence-electron chi connectivity index (χ0n) is 12.4. The third-order valence-electron chi connectivity index (χ3n) is 3.71. The van der Waals surface area contributed by atoms with Crippen molar-refractivity contribution in [1.29, 1.82) is 0 Å². The Labute approximate surface area is 128 Å². The first-order valence-corrected chi connectivity index (χ1v) is 6.93. The maximum absolute atomic E-state index is 14.3. The standard InChI is InChI=1S/C18H15FO3/c1-11-5-3-4-6-13(11)14-7-8-22-17-15(14)9-12(10-16(17)19)18(20)21-2/h3-7,9-10H,8H2,1-2H3. The second-order valence-electron chi connectivity index (χ2n) is 5.07. The van der Waals surface area contributed by atoms with Crippen LogP contribution >= 0.6 is 0 Å². The summed E-state index contributed by atoms with van der Waals surface area (Å²) in [5.74, 6) is -0.957. The lowest BCUT2D eigenvalue weighted by molar-refractivity contribution is 0.0600. The molecule has 112 valence electrons. The molecule has 0 spiro atoms. The molecule has 0 unspecified atom stereocenters. The largest absolute Gasteiger partial charge is 0.486 e. The van der Waals surface area contributed by atoms with E-state index >= 15 is 0 Å². The number of halogens is 1. The monoisotopic (exact) mass is 298 g/mol. The predicted molar refractivity (Wildman–Crippen MR) is 81.5 cm³/mol. The highest BCUT2D eigenvalue weighted by molar-refractivity contribution is 5.93. The maximum atomic E-state index is 14.3. The van der Waals surface area contributed by atoms with Crippen molar-refractivity contribution in [3.05, 3.63) is 70.5 Å². The van der Waals surface area contributed by atoms with Crippen molar-refractivity contribution in [3.63, 3.8) is 0 Å². The molecule has 0 amide bonds. The normalized spacial score (nSPS) is 13.0. The summed E-state index contributed by atoms with van der Waals surface area (Å²) in [6.45, 7) is 2.29. The average Bonchev–Trinajstić information content (AvgIpc) is 2.54. The molecule has 1 aliphatic rings. The first kappa shape index (κ1) is 14.3. The van der Waals surface area contributed by atoms with E-state index in [1.807, 2.05) is 37.3 Å². The molecule has 1 aliphatic heterocycles. The van der Waals surface area contributed by atoms with Gasteiger partial charge in [-0.1, -0.05) is 24.3 Å². The van der Waals surface area contributed by atoms with Crippen LogP contribution in [-0.2, 0) is 4.74 Å². The molecule has 0 saturated heterocycles. The Morgan fingerprint density at radius 3 is 2.73 bits per heavy atom. The number of carbonyl (C=O) groups excluding carboxylic acids is 1. The van der Waals surface area contributed by atoms with Gasteiger partial charge < -0.3 is 9.47 Å². The molecule has 0 aliphatic carbocycles. The smallest absolute Gasteiger partial charge is 0.337 e. The van der Waals surface area contributed by atoms with E-state index in [-0.39, 0.29) is 11.3 Å². The molecular formula is C18H15FO3. The molecule has 0 N–H and O–H groups in total. The third-order valence-corrected chi connectivity index (χ3v) is 3.71. The number of rotatable bonds is 2. The Hall–Kier alpha value is -2.62. The van der Waals surface area contributed by atoms with Crippen molar-refractivity contribution in [1.82, 2.24) is 0 Å². The molecular weight excluding hydrogens is 283 g/mol. The van der Waals surface area contributed by atoms with Crippen LogP contribution in [0.15, 0.2) is 42.5 Å². The van der Waals surface area contributed by atoms with Gasteiger partial charge in [-0.25, -0.2) is 9.18 Å². The Bertz CT molecular complexity index is 778. The highest BCUT2D eigenvalue weighted by Gasteiger charge is 2.23. The number of esters is 1. The fourth-order valence-electron chi connectivity index (χ4n) is 2.62. The van der Waals surface area contributed by atoms with Gasteiger partial charge in [-0.3, -0.25) is 0 Å². The zero-order chi connectivity index (χ0) is 15.7. The number of hydrogen-bond donors (Lipinski definition) is 0. The molecule has 2 aromatic carbocycles. The first-order chi connectivity index (χ1) is 10.6. The van der Waals surface area contributed by atoms with E-state index in [0.29, 0.717) is 12.2 Å². The van der Waals surface area contributed by atoms with Crippen LogP contribution < -0.4 is 4.74 Å². The lowest BCUT2D eigenvalue weighted by Gasteiger charge is -2.21. The first-order valence-electron chi connectivity index (χ1n) is 6.93. The van der Waals surface area contributed by atoms with Crippen molar-refractivity contribution in [3.8, 4) is 5.75 Å². The van der Waals surface area contributed by atoms with Gasteiger partial charge in [-0.15, -0.1) is 0 Å². The number of ether oxygens (including phenoxy) is 2. The van der Waals surface area contributed by atoms with Crippen LogP contribution in [0, 0.1) is 12.7 Å². The van der Waals surface area contributed by atoms with Crippen LogP contribution in [0.3, 0.4) is 0 Å². The summed E-state index contributed by atoms with van der Waals surface area (Å²) >= 11 is 0. The van der Waals surface area contributed by atoms with Gasteiger partial charge in [-0.05, 0) is 41.8 Å². The summed E-state index contributed by atoms with van der Waals surface area (Å²) in [7, 11) is 1.27. The molecule has 0 fully saturated rings. The molecule has 0 aromatic heterocycles. The summed E-state index contributed by atoms with van der Waals surface area (Å²) in [5, 5.41) is 0. The van der Waals surface area contributed by atoms with Crippen LogP contribution in [0.2, 0.25) is 0 Å². The Balaban J connectivity index is 2.19. The van der Waals surface area contributed by atoms with Gasteiger partial charge in [0.05, 0.1) is 12.7 Å². The lowest BCUT2D eigenvalue weighted by Crippen LogP contribution is -2.11. The SMILES string of the molecule is COC(=O)c1cc(F)c2c(c1)C(c1ccccc1C)=CCO2. The van der Waals surface area contributed by atoms with Crippen LogP contribution in [-0.4, -0.2) is 19.7 Å². The van der Waals surface area contributed by atoms with Gasteiger partial charge in [-0.2, -0.15) is 0 Å². The summed E-state index contributed by atoms with van der Waals surface area (Å²) in [4.78, 5) is 11.7. The maximum Gasteiger partial charge on any atom is 0.337 e. The minimum atomic E-state index is -0.573. The van der Waals surface area contributed by atoms with E-state index < -0.39 is 11.8 Å². The highest BCUT2D eigenvalue weighted by Crippen LogP contribution is 2.38. The third kappa shape index (κ3) is 2.37. The Morgan fingerprint density at radius 1 is 1.23 bits per heavy atom. The Kier molecular flexibility index (Phi) is 3.67. The van der Waals surface area contributed by atoms with Crippen LogP contribution in [0.1, 0.15) is 27.0 Å². The quantitative estimate of drug-likeness (QED) is 0.792. The number of methoxy groups -OCH3 is 1. The van der Waals surface area contributed by atoms with E-state index in [1.165, 1.54) is 7.11 Å². The molecule has 3 nitrogen and oxygen atoms in total. The highest BCUT2D eigenvalue weighted by atomic mass is 19.1. The Morgan fingerprint density at radius 2 is 2.00 bits per heavy atom. The second-order valence-corrected chi connectivity index (χ2v) is 5.07. The average molecular weight is 298 g/mol. The fraction of sp³-hybridized carbons (Fsp3) is 0.167. The van der Waals surface area contributed by atoms with E-state index in [2.05, 4.69) is 4.74 Å². The van der Waals surface area contributed by atoms with Gasteiger partial charge in [0.25, 0.3) is 0 Å². The number of aryl methyl sites for hydroxylation is 1. The van der Waals surface area contributed by atoms with Crippen molar-refractivity contribution < 1.29 is 18.7 Å². The van der Waals surface area contributed by atoms with E-state index in [1.54, 1.807) is 6.07 Å². The molecule has 22 heavy (non-hydrogen) atoms. The fourth-order valence-corrected chi connectivity index (χ4v) is 2.62. The summed E-state index contributed by atoms with van der Waals surface area (Å²) in [6.07, 6.45) is 1.89. The number of benzene rings is 2. The van der Waals surface area contributed by atoms with Crippen molar-refractivity contribution in [2.24, 2.45) is 0 Å². The molecule has 0 radical (unpaired) electrons. The van der Waals surface area contributed by atoms with Crippen molar-refractivity contribution >= 4 is 11.5 Å². The number of fused-ring (bicyclic) bond motifs is 1. The van der Waals surface area contributed by atoms with E-state index in [0.717, 1.165) is 22.8 Å². The molecule has 0 bridgehead atoms. The van der Waals surface area contributed by atoms with Gasteiger partial charge in [0.2, 0.25) is 0 Å². The van der Waals surface area contributed by atoms with E-state index in [4.69, 9.17) is 4.74 Å². The van der Waals surface area contributed by atoms with Crippen LogP contribution in [0.5, 0.6) is 5.75 Å². The van der Waals surface area contributed by atoms with Crippen LogP contribution in [0.25, 0.3) is 5.57 Å². The van der Waals surface area contributed by atoms with Crippen LogP contribution in [0.4, 0.5) is 4.39 Å². The lowest BCUT2D eigenvalue weighted by atomic mass is 9.91. The molecule has 2 aromatic rings. The van der Waals surface area contributed by atoms with Crippen molar-refractivity contribution in [2.75, 3.05) is 13.7 Å². The summed E-state index contributed by atoms with van der Waals surface area (Å²) in [6, 6.07) is 10.6. The predicted octanol–water partition coefficient (Wildman–Crippen LogP) is 3.74. The minimum absolute atomic E-state index is 0.170. The molecule has 0 saturated carbocycles. The van der Waals surface area contributed by atoms with Gasteiger partial charge >= 0.3 is 5.97 Å². The summed E-state index contributed by atoms with van der Waals surface area (Å²) in [5.41, 5.74) is 3.67. The molecule has 4 heteroatoms. The molecule has 1 heterocycles. The molecule has 3 rings (SSSR count). The topological polar surface area (TPSA) is 35.5 Å². The molecule has 0 atom stereocenters. The second kappa shape index (κ2) is 5.64. The van der Waals surface area contributed by atoms with Gasteiger partial charge in [0.15, 0.2) is 11.6 Å². The minimum Gasteiger partial charge on any atom is -0.486 e. The zero-order valence-corrected chi connectivity index (χ0v) is 12.4. The van der Waals surface area contributed by atoms with Gasteiger partial charge in [0.1, 0.15) is 6.61 Å². The summed E-state index contributed by atoms with van der Waals surface area (Å²) < 4.78 is 24.3.